The van der Waals surface area contributed by atoms with Gasteiger partial charge in [-0.2, -0.15) is 10.1 Å². The van der Waals surface area contributed by atoms with Gasteiger partial charge in [0.25, 0.3) is 0 Å². The minimum absolute atomic E-state index is 0.587. The van der Waals surface area contributed by atoms with Crippen LogP contribution in [0.1, 0.15) is 44.2 Å². The molecule has 122 valence electrons. The van der Waals surface area contributed by atoms with Gasteiger partial charge in [0.05, 0.1) is 6.20 Å². The van der Waals surface area contributed by atoms with E-state index < -0.39 is 0 Å². The van der Waals surface area contributed by atoms with Gasteiger partial charge in [-0.25, -0.2) is 0 Å². The SMILES string of the molecule is CCc1cccc(CC)c1Nc1nncc(N2CCCCC2)n1. The largest absolute Gasteiger partial charge is 0.355 e. The van der Waals surface area contributed by atoms with Gasteiger partial charge in [0.1, 0.15) is 0 Å². The third kappa shape index (κ3) is 3.60. The Morgan fingerprint density at radius 1 is 1.04 bits per heavy atom. The lowest BCUT2D eigenvalue weighted by atomic mass is 10.0. The van der Waals surface area contributed by atoms with E-state index in [4.69, 9.17) is 0 Å². The number of piperidine rings is 1. The highest BCUT2D eigenvalue weighted by atomic mass is 15.3. The molecule has 2 heterocycles. The maximum Gasteiger partial charge on any atom is 0.249 e. The zero-order chi connectivity index (χ0) is 16.1. The van der Waals surface area contributed by atoms with Gasteiger partial charge in [0.15, 0.2) is 5.82 Å². The van der Waals surface area contributed by atoms with Gasteiger partial charge in [-0.05, 0) is 43.2 Å². The first-order chi connectivity index (χ1) is 11.3. The number of hydrogen-bond acceptors (Lipinski definition) is 5. The molecule has 0 unspecified atom stereocenters. The van der Waals surface area contributed by atoms with E-state index in [9.17, 15) is 0 Å². The van der Waals surface area contributed by atoms with E-state index in [1.54, 1.807) is 6.20 Å². The summed E-state index contributed by atoms with van der Waals surface area (Å²) in [6.45, 7) is 6.46. The highest BCUT2D eigenvalue weighted by Crippen LogP contribution is 2.26. The Labute approximate surface area is 138 Å². The van der Waals surface area contributed by atoms with Crippen molar-refractivity contribution >= 4 is 17.5 Å². The van der Waals surface area contributed by atoms with Crippen LogP contribution in [0.5, 0.6) is 0 Å². The topological polar surface area (TPSA) is 53.9 Å². The van der Waals surface area contributed by atoms with Crippen LogP contribution in [-0.4, -0.2) is 28.3 Å². The summed E-state index contributed by atoms with van der Waals surface area (Å²) in [5.74, 6) is 1.51. The molecule has 1 N–H and O–H groups in total. The third-order valence-corrected chi connectivity index (χ3v) is 4.46. The van der Waals surface area contributed by atoms with Crippen molar-refractivity contribution < 1.29 is 0 Å². The molecule has 1 aromatic carbocycles. The van der Waals surface area contributed by atoms with Crippen LogP contribution in [0, 0.1) is 0 Å². The van der Waals surface area contributed by atoms with Gasteiger partial charge in [0.2, 0.25) is 5.95 Å². The highest BCUT2D eigenvalue weighted by Gasteiger charge is 2.14. The zero-order valence-electron chi connectivity index (χ0n) is 14.0. The number of nitrogens with one attached hydrogen (secondary N) is 1. The molecule has 0 aliphatic carbocycles. The maximum absolute atomic E-state index is 4.68. The van der Waals surface area contributed by atoms with Crippen molar-refractivity contribution in [3.8, 4) is 0 Å². The number of para-hydroxylation sites is 1. The van der Waals surface area contributed by atoms with Gasteiger partial charge in [0, 0.05) is 18.8 Å². The van der Waals surface area contributed by atoms with E-state index in [-0.39, 0.29) is 0 Å². The Kier molecular flexibility index (Phi) is 5.05. The van der Waals surface area contributed by atoms with Crippen LogP contribution in [0.25, 0.3) is 0 Å². The molecule has 0 bridgehead atoms. The number of rotatable bonds is 5. The molecule has 0 saturated carbocycles. The van der Waals surface area contributed by atoms with E-state index in [1.165, 1.54) is 30.4 Å². The first kappa shape index (κ1) is 15.7. The fraction of sp³-hybridized carbons (Fsp3) is 0.500. The van der Waals surface area contributed by atoms with E-state index in [1.807, 2.05) is 0 Å². The molecule has 0 amide bonds. The van der Waals surface area contributed by atoms with E-state index in [2.05, 4.69) is 57.4 Å². The molecule has 0 atom stereocenters. The molecule has 1 aliphatic heterocycles. The van der Waals surface area contributed by atoms with Gasteiger partial charge >= 0.3 is 0 Å². The fourth-order valence-corrected chi connectivity index (χ4v) is 3.14. The normalized spacial score (nSPS) is 14.8. The maximum atomic E-state index is 4.68. The van der Waals surface area contributed by atoms with Crippen LogP contribution in [-0.2, 0) is 12.8 Å². The van der Waals surface area contributed by atoms with Gasteiger partial charge in [-0.1, -0.05) is 32.0 Å². The molecule has 0 radical (unpaired) electrons. The van der Waals surface area contributed by atoms with Gasteiger partial charge in [-0.3, -0.25) is 0 Å². The minimum atomic E-state index is 0.587. The summed E-state index contributed by atoms with van der Waals surface area (Å²) in [5.41, 5.74) is 3.71. The molecule has 0 spiro atoms. The number of hydrogen-bond donors (Lipinski definition) is 1. The molecule has 1 saturated heterocycles. The summed E-state index contributed by atoms with van der Waals surface area (Å²) in [6, 6.07) is 6.43. The Morgan fingerprint density at radius 2 is 1.74 bits per heavy atom. The molecule has 1 aromatic heterocycles. The van der Waals surface area contributed by atoms with Crippen molar-refractivity contribution in [1.82, 2.24) is 15.2 Å². The van der Waals surface area contributed by atoms with Crippen LogP contribution < -0.4 is 10.2 Å². The average molecular weight is 311 g/mol. The second kappa shape index (κ2) is 7.40. The smallest absolute Gasteiger partial charge is 0.249 e. The molecular weight excluding hydrogens is 286 g/mol. The van der Waals surface area contributed by atoms with Crippen LogP contribution in [0.2, 0.25) is 0 Å². The van der Waals surface area contributed by atoms with Crippen molar-refractivity contribution in [2.75, 3.05) is 23.3 Å². The lowest BCUT2D eigenvalue weighted by Gasteiger charge is -2.27. The van der Waals surface area contributed by atoms with Gasteiger partial charge in [-0.15, -0.1) is 5.10 Å². The molecule has 1 aliphatic rings. The lowest BCUT2D eigenvalue weighted by Crippen LogP contribution is -2.30. The monoisotopic (exact) mass is 311 g/mol. The third-order valence-electron chi connectivity index (χ3n) is 4.46. The van der Waals surface area contributed by atoms with Crippen molar-refractivity contribution in [2.24, 2.45) is 0 Å². The Bertz CT molecular complexity index is 627. The van der Waals surface area contributed by atoms with Crippen molar-refractivity contribution in [3.05, 3.63) is 35.5 Å². The predicted octanol–water partition coefficient (Wildman–Crippen LogP) is 3.73. The number of benzene rings is 1. The summed E-state index contributed by atoms with van der Waals surface area (Å²) in [7, 11) is 0. The standard InChI is InChI=1S/C18H25N5/c1-3-14-9-8-10-15(4-2)17(14)21-18-20-16(13-19-22-18)23-11-6-5-7-12-23/h8-10,13H,3-7,11-12H2,1-2H3,(H,20,21,22). The molecule has 2 aromatic rings. The predicted molar refractivity (Wildman–Crippen MR) is 94.4 cm³/mol. The van der Waals surface area contributed by atoms with Crippen molar-refractivity contribution in [1.29, 1.82) is 0 Å². The van der Waals surface area contributed by atoms with Crippen LogP contribution in [0.4, 0.5) is 17.5 Å². The van der Waals surface area contributed by atoms with Crippen LogP contribution in [0.15, 0.2) is 24.4 Å². The first-order valence-corrected chi connectivity index (χ1v) is 8.64. The Morgan fingerprint density at radius 3 is 2.39 bits per heavy atom. The summed E-state index contributed by atoms with van der Waals surface area (Å²) >= 11 is 0. The molecule has 1 fully saturated rings. The second-order valence-corrected chi connectivity index (χ2v) is 5.97. The Hall–Kier alpha value is -2.17. The van der Waals surface area contributed by atoms with Gasteiger partial charge < -0.3 is 10.2 Å². The number of nitrogens with zero attached hydrogens (tertiary/aromatic N) is 4. The fourth-order valence-electron chi connectivity index (χ4n) is 3.14. The molecule has 23 heavy (non-hydrogen) atoms. The summed E-state index contributed by atoms with van der Waals surface area (Å²) in [5, 5.41) is 11.7. The van der Waals surface area contributed by atoms with Crippen molar-refractivity contribution in [3.63, 3.8) is 0 Å². The van der Waals surface area contributed by atoms with E-state index >= 15 is 0 Å². The summed E-state index contributed by atoms with van der Waals surface area (Å²) in [6.07, 6.45) is 7.49. The number of aromatic nitrogens is 3. The number of aryl methyl sites for hydroxylation is 2. The summed E-state index contributed by atoms with van der Waals surface area (Å²) < 4.78 is 0. The lowest BCUT2D eigenvalue weighted by molar-refractivity contribution is 0.572. The minimum Gasteiger partial charge on any atom is -0.355 e. The zero-order valence-corrected chi connectivity index (χ0v) is 14.0. The van der Waals surface area contributed by atoms with Crippen LogP contribution >= 0.6 is 0 Å². The van der Waals surface area contributed by atoms with Crippen LogP contribution in [0.3, 0.4) is 0 Å². The first-order valence-electron chi connectivity index (χ1n) is 8.64. The van der Waals surface area contributed by atoms with E-state index in [0.29, 0.717) is 5.95 Å². The Balaban J connectivity index is 1.86. The molecule has 5 heteroatoms. The molecule has 3 rings (SSSR count). The molecule has 5 nitrogen and oxygen atoms in total. The van der Waals surface area contributed by atoms with E-state index in [0.717, 1.165) is 37.4 Å². The van der Waals surface area contributed by atoms with Crippen molar-refractivity contribution in [2.45, 2.75) is 46.0 Å². The molecular formula is C18H25N5. The second-order valence-electron chi connectivity index (χ2n) is 5.97. The average Bonchev–Trinajstić information content (AvgIpc) is 2.63. The summed E-state index contributed by atoms with van der Waals surface area (Å²) in [4.78, 5) is 6.99. The highest BCUT2D eigenvalue weighted by molar-refractivity contribution is 5.64. The number of anilines is 3. The quantitative estimate of drug-likeness (QED) is 0.912.